The van der Waals surface area contributed by atoms with E-state index in [4.69, 9.17) is 5.41 Å². The minimum Gasteiger partial charge on any atom is -0.345 e. The first-order valence-electron chi connectivity index (χ1n) is 11.1. The third-order valence-electron chi connectivity index (χ3n) is 5.97. The molecule has 35 heavy (non-hydrogen) atoms. The quantitative estimate of drug-likeness (QED) is 0.385. The number of halogens is 1. The molecule has 2 N–H and O–H groups in total. The molecular formula is C27H22FN5O2. The number of benzene rings is 2. The van der Waals surface area contributed by atoms with E-state index >= 15 is 0 Å². The number of hydrogen-bond acceptors (Lipinski definition) is 4. The predicted octanol–water partition coefficient (Wildman–Crippen LogP) is 3.81. The van der Waals surface area contributed by atoms with E-state index in [1.165, 1.54) is 29.0 Å². The number of nitrogens with zero attached hydrogens (tertiary/aromatic N) is 3. The average molecular weight is 468 g/mol. The summed E-state index contributed by atoms with van der Waals surface area (Å²) in [5.74, 6) is -1.14. The van der Waals surface area contributed by atoms with Crippen molar-refractivity contribution >= 4 is 22.6 Å². The van der Waals surface area contributed by atoms with Crippen LogP contribution in [0, 0.1) is 11.2 Å². The van der Waals surface area contributed by atoms with Gasteiger partial charge >= 0.3 is 0 Å². The molecule has 0 saturated heterocycles. The molecule has 174 valence electrons. The average Bonchev–Trinajstić information content (AvgIpc) is 2.87. The number of amides is 1. The number of rotatable bonds is 5. The first-order valence-corrected chi connectivity index (χ1v) is 11.1. The van der Waals surface area contributed by atoms with Crippen molar-refractivity contribution in [1.29, 1.82) is 5.41 Å². The summed E-state index contributed by atoms with van der Waals surface area (Å²) in [4.78, 5) is 31.0. The van der Waals surface area contributed by atoms with Gasteiger partial charge in [0.1, 0.15) is 11.1 Å². The molecule has 3 heterocycles. The van der Waals surface area contributed by atoms with Crippen LogP contribution >= 0.6 is 0 Å². The summed E-state index contributed by atoms with van der Waals surface area (Å²) in [7, 11) is 0. The van der Waals surface area contributed by atoms with E-state index in [2.05, 4.69) is 10.3 Å². The largest absolute Gasteiger partial charge is 0.345 e. The highest BCUT2D eigenvalue weighted by atomic mass is 19.1. The molecule has 1 amide bonds. The van der Waals surface area contributed by atoms with E-state index in [0.29, 0.717) is 0 Å². The number of carbonyl (C=O) groups excluding carboxylic acids is 1. The van der Waals surface area contributed by atoms with Crippen LogP contribution in [-0.2, 0) is 6.54 Å². The molecule has 0 unspecified atom stereocenters. The lowest BCUT2D eigenvalue weighted by atomic mass is 10.1. The van der Waals surface area contributed by atoms with E-state index in [1.807, 2.05) is 67.6 Å². The predicted molar refractivity (Wildman–Crippen MR) is 131 cm³/mol. The number of carbonyl (C=O) groups is 1. The fraction of sp³-hybridized carbons (Fsp3) is 0.111. The summed E-state index contributed by atoms with van der Waals surface area (Å²) in [6.45, 7) is 2.03. The molecule has 0 radical (unpaired) electrons. The first-order chi connectivity index (χ1) is 16.9. The van der Waals surface area contributed by atoms with Crippen molar-refractivity contribution in [3.05, 3.63) is 123 Å². The van der Waals surface area contributed by atoms with E-state index in [-0.39, 0.29) is 40.3 Å². The Morgan fingerprint density at radius 1 is 1.03 bits per heavy atom. The highest BCUT2D eigenvalue weighted by Crippen LogP contribution is 2.16. The summed E-state index contributed by atoms with van der Waals surface area (Å²) >= 11 is 0. The van der Waals surface area contributed by atoms with Gasteiger partial charge in [-0.2, -0.15) is 0 Å². The van der Waals surface area contributed by atoms with Crippen LogP contribution in [0.4, 0.5) is 4.39 Å². The second-order valence-corrected chi connectivity index (χ2v) is 8.29. The van der Waals surface area contributed by atoms with Crippen molar-refractivity contribution in [1.82, 2.24) is 19.3 Å². The van der Waals surface area contributed by atoms with Gasteiger partial charge < -0.3 is 9.88 Å². The standard InChI is InChI=1S/C27H22FN5O2/c1-17(19-11-6-3-7-12-19)30-26(34)20-15-21-24(31-25-22(28)13-8-14-32(25)27(21)35)33(23(20)29)16-18-9-4-2-5-10-18/h2-15,17,29H,16H2,1H3,(H,30,34)/t17-/m0/s1. The Morgan fingerprint density at radius 3 is 2.43 bits per heavy atom. The van der Waals surface area contributed by atoms with Gasteiger partial charge in [0, 0.05) is 6.20 Å². The lowest BCUT2D eigenvalue weighted by molar-refractivity contribution is 0.0937. The molecule has 0 saturated carbocycles. The van der Waals surface area contributed by atoms with Crippen LogP contribution < -0.4 is 16.4 Å². The normalized spacial score (nSPS) is 12.1. The molecule has 0 fully saturated rings. The summed E-state index contributed by atoms with van der Waals surface area (Å²) in [6.07, 6.45) is 1.43. The van der Waals surface area contributed by atoms with E-state index in [0.717, 1.165) is 15.5 Å². The van der Waals surface area contributed by atoms with Crippen molar-refractivity contribution in [3.63, 3.8) is 0 Å². The Hall–Kier alpha value is -4.59. The molecular weight excluding hydrogens is 445 g/mol. The summed E-state index contributed by atoms with van der Waals surface area (Å²) in [6, 6.07) is 22.5. The fourth-order valence-electron chi connectivity index (χ4n) is 4.12. The molecule has 0 aliphatic heterocycles. The minimum absolute atomic E-state index is 0.0338. The Kier molecular flexibility index (Phi) is 5.70. The van der Waals surface area contributed by atoms with Crippen LogP contribution in [0.15, 0.2) is 89.9 Å². The van der Waals surface area contributed by atoms with E-state index in [1.54, 1.807) is 0 Å². The first kappa shape index (κ1) is 22.2. The molecule has 0 aliphatic carbocycles. The van der Waals surface area contributed by atoms with Gasteiger partial charge in [0.05, 0.1) is 23.5 Å². The van der Waals surface area contributed by atoms with E-state index < -0.39 is 17.3 Å². The third kappa shape index (κ3) is 4.10. The van der Waals surface area contributed by atoms with Crippen molar-refractivity contribution in [2.24, 2.45) is 0 Å². The number of hydrogen-bond donors (Lipinski definition) is 2. The minimum atomic E-state index is -0.650. The van der Waals surface area contributed by atoms with Gasteiger partial charge in [0.2, 0.25) is 0 Å². The van der Waals surface area contributed by atoms with Gasteiger partial charge in [0.15, 0.2) is 11.5 Å². The van der Waals surface area contributed by atoms with Gasteiger partial charge in [-0.15, -0.1) is 0 Å². The zero-order valence-electron chi connectivity index (χ0n) is 18.9. The van der Waals surface area contributed by atoms with Crippen LogP contribution in [-0.4, -0.2) is 19.9 Å². The van der Waals surface area contributed by atoms with Crippen LogP contribution in [0.25, 0.3) is 16.7 Å². The molecule has 5 rings (SSSR count). The Bertz CT molecular complexity index is 1680. The van der Waals surface area contributed by atoms with Gasteiger partial charge in [-0.1, -0.05) is 60.7 Å². The summed E-state index contributed by atoms with van der Waals surface area (Å²) in [5, 5.41) is 11.9. The van der Waals surface area contributed by atoms with Crippen LogP contribution in [0.5, 0.6) is 0 Å². The van der Waals surface area contributed by atoms with E-state index in [9.17, 15) is 14.0 Å². The van der Waals surface area contributed by atoms with Crippen molar-refractivity contribution in [3.8, 4) is 0 Å². The van der Waals surface area contributed by atoms with Gasteiger partial charge in [0.25, 0.3) is 11.5 Å². The molecule has 7 nitrogen and oxygen atoms in total. The maximum atomic E-state index is 14.5. The fourth-order valence-corrected chi connectivity index (χ4v) is 4.12. The van der Waals surface area contributed by atoms with Gasteiger partial charge in [-0.3, -0.25) is 19.4 Å². The molecule has 5 aromatic rings. The zero-order valence-corrected chi connectivity index (χ0v) is 18.9. The smallest absolute Gasteiger partial charge is 0.267 e. The number of fused-ring (bicyclic) bond motifs is 2. The van der Waals surface area contributed by atoms with Crippen molar-refractivity contribution < 1.29 is 9.18 Å². The van der Waals surface area contributed by atoms with Crippen LogP contribution in [0.2, 0.25) is 0 Å². The lowest BCUT2D eigenvalue weighted by Gasteiger charge is -2.17. The molecule has 0 aliphatic rings. The number of pyridine rings is 2. The Morgan fingerprint density at radius 2 is 1.71 bits per heavy atom. The topological polar surface area (TPSA) is 92.2 Å². The number of nitrogens with one attached hydrogen (secondary N) is 2. The Labute approximate surface area is 199 Å². The second kappa shape index (κ2) is 8.98. The molecule has 0 bridgehead atoms. The van der Waals surface area contributed by atoms with Crippen LogP contribution in [0.3, 0.4) is 0 Å². The molecule has 2 aromatic carbocycles. The molecule has 0 spiro atoms. The van der Waals surface area contributed by atoms with Crippen molar-refractivity contribution in [2.45, 2.75) is 19.5 Å². The molecule has 3 aromatic heterocycles. The van der Waals surface area contributed by atoms with Crippen molar-refractivity contribution in [2.75, 3.05) is 0 Å². The number of aromatic nitrogens is 3. The molecule has 1 atom stereocenters. The maximum Gasteiger partial charge on any atom is 0.267 e. The third-order valence-corrected chi connectivity index (χ3v) is 5.97. The van der Waals surface area contributed by atoms with Gasteiger partial charge in [-0.25, -0.2) is 9.37 Å². The monoisotopic (exact) mass is 467 g/mol. The lowest BCUT2D eigenvalue weighted by Crippen LogP contribution is -2.36. The highest BCUT2D eigenvalue weighted by molar-refractivity contribution is 5.97. The summed E-state index contributed by atoms with van der Waals surface area (Å²) < 4.78 is 17.1. The second-order valence-electron chi connectivity index (χ2n) is 8.29. The van der Waals surface area contributed by atoms with Crippen LogP contribution in [0.1, 0.15) is 34.5 Å². The Balaban J connectivity index is 1.71. The highest BCUT2D eigenvalue weighted by Gasteiger charge is 2.20. The summed E-state index contributed by atoms with van der Waals surface area (Å²) in [5.41, 5.74) is 1.16. The SMILES string of the molecule is C[C@H](NC(=O)c1cc2c(=O)n3cccc(F)c3nc2n(Cc2ccccc2)c1=N)c1ccccc1. The molecule has 8 heteroatoms. The maximum absolute atomic E-state index is 14.5. The zero-order chi connectivity index (χ0) is 24.5. The van der Waals surface area contributed by atoms with Gasteiger partial charge in [-0.05, 0) is 36.2 Å².